The van der Waals surface area contributed by atoms with Gasteiger partial charge in [0.1, 0.15) is 23.7 Å². The van der Waals surface area contributed by atoms with E-state index in [1.165, 1.54) is 21.0 Å². The molecule has 4 N–H and O–H groups in total. The summed E-state index contributed by atoms with van der Waals surface area (Å²) in [6, 6.07) is 5.90. The van der Waals surface area contributed by atoms with Crippen LogP contribution in [-0.2, 0) is 30.3 Å². The zero-order valence-electron chi connectivity index (χ0n) is 23.2. The maximum Gasteiger partial charge on any atom is 0.408 e. The molecule has 0 fully saturated rings. The molecular weight excluding hydrogens is 478 g/mol. The predicted molar refractivity (Wildman–Crippen MR) is 140 cm³/mol. The average molecular weight is 522 g/mol. The number of carbonyl (C=O) groups excluding carboxylic acids is 4. The Hall–Kier alpha value is -3.14. The molecule has 0 saturated carbocycles. The lowest BCUT2D eigenvalue weighted by molar-refractivity contribution is -0.146. The highest BCUT2D eigenvalue weighted by Crippen LogP contribution is 2.14. The topological polar surface area (TPSA) is 143 Å². The van der Waals surface area contributed by atoms with Gasteiger partial charge in [0.2, 0.25) is 11.8 Å². The highest BCUT2D eigenvalue weighted by molar-refractivity contribution is 5.93. The molecule has 0 aliphatic heterocycles. The van der Waals surface area contributed by atoms with Gasteiger partial charge in [0.15, 0.2) is 0 Å². The summed E-state index contributed by atoms with van der Waals surface area (Å²) in [5.41, 5.74) is -1.31. The van der Waals surface area contributed by atoms with Gasteiger partial charge in [0, 0.05) is 12.8 Å². The molecule has 0 aromatic heterocycles. The maximum atomic E-state index is 13.4. The molecule has 1 aromatic carbocycles. The number of ether oxygens (including phenoxy) is 2. The Morgan fingerprint density at radius 2 is 1.41 bits per heavy atom. The van der Waals surface area contributed by atoms with Crippen molar-refractivity contribution in [1.82, 2.24) is 16.0 Å². The van der Waals surface area contributed by atoms with E-state index in [1.807, 2.05) is 44.2 Å². The molecule has 0 radical (unpaired) electrons. The highest BCUT2D eigenvalue weighted by Gasteiger charge is 2.34. The Bertz CT molecular complexity index is 905. The summed E-state index contributed by atoms with van der Waals surface area (Å²) in [5.74, 6) is -1.82. The molecular formula is C27H43N3O7. The summed E-state index contributed by atoms with van der Waals surface area (Å²) in [6.07, 6.45) is -0.445. The van der Waals surface area contributed by atoms with E-state index in [0.29, 0.717) is 6.42 Å². The molecule has 0 aliphatic carbocycles. The molecule has 3 atom stereocenters. The molecule has 0 bridgehead atoms. The number of hydrogen-bond donors (Lipinski definition) is 4. The van der Waals surface area contributed by atoms with Gasteiger partial charge in [-0.15, -0.1) is 0 Å². The first-order valence-electron chi connectivity index (χ1n) is 12.4. The minimum atomic E-state index is -1.32. The fourth-order valence-corrected chi connectivity index (χ4v) is 3.59. The molecule has 0 spiro atoms. The fourth-order valence-electron chi connectivity index (χ4n) is 3.59. The van der Waals surface area contributed by atoms with Crippen LogP contribution in [0.25, 0.3) is 0 Å². The summed E-state index contributed by atoms with van der Waals surface area (Å²) in [5, 5.41) is 18.3. The van der Waals surface area contributed by atoms with Gasteiger partial charge in [-0.25, -0.2) is 9.59 Å². The summed E-state index contributed by atoms with van der Waals surface area (Å²) in [4.78, 5) is 51.3. The average Bonchev–Trinajstić information content (AvgIpc) is 2.75. The van der Waals surface area contributed by atoms with Crippen molar-refractivity contribution in [2.45, 2.75) is 97.1 Å². The number of esters is 1. The van der Waals surface area contributed by atoms with Crippen LogP contribution in [0.15, 0.2) is 30.3 Å². The van der Waals surface area contributed by atoms with Gasteiger partial charge in [-0.3, -0.25) is 9.59 Å². The Balaban J connectivity index is 3.18. The summed E-state index contributed by atoms with van der Waals surface area (Å²) in [6.45, 7) is 11.9. The second-order valence-electron chi connectivity index (χ2n) is 11.2. The molecule has 1 rings (SSSR count). The van der Waals surface area contributed by atoms with E-state index in [1.54, 1.807) is 20.8 Å². The van der Waals surface area contributed by atoms with Crippen LogP contribution in [0, 0.1) is 5.92 Å². The van der Waals surface area contributed by atoms with Crippen LogP contribution < -0.4 is 16.0 Å². The molecule has 0 unspecified atom stereocenters. The van der Waals surface area contributed by atoms with E-state index in [-0.39, 0.29) is 18.8 Å². The number of amides is 3. The van der Waals surface area contributed by atoms with Crippen molar-refractivity contribution in [3.63, 3.8) is 0 Å². The minimum Gasteiger partial charge on any atom is -0.467 e. The Labute approximate surface area is 219 Å². The first-order valence-corrected chi connectivity index (χ1v) is 12.4. The predicted octanol–water partition coefficient (Wildman–Crippen LogP) is 2.47. The number of carbonyl (C=O) groups is 4. The number of rotatable bonds is 12. The van der Waals surface area contributed by atoms with E-state index >= 15 is 0 Å². The lowest BCUT2D eigenvalue weighted by Crippen LogP contribution is -2.58. The number of nitrogens with one attached hydrogen (secondary N) is 3. The van der Waals surface area contributed by atoms with E-state index in [0.717, 1.165) is 5.56 Å². The minimum absolute atomic E-state index is 0.0833. The molecule has 37 heavy (non-hydrogen) atoms. The van der Waals surface area contributed by atoms with Gasteiger partial charge in [0.05, 0.1) is 12.7 Å². The van der Waals surface area contributed by atoms with Crippen LogP contribution in [0.2, 0.25) is 0 Å². The van der Waals surface area contributed by atoms with E-state index in [2.05, 4.69) is 16.0 Å². The lowest BCUT2D eigenvalue weighted by atomic mass is 9.96. The van der Waals surface area contributed by atoms with Crippen LogP contribution in [0.1, 0.15) is 66.9 Å². The second-order valence-corrected chi connectivity index (χ2v) is 11.2. The van der Waals surface area contributed by atoms with Gasteiger partial charge in [-0.1, -0.05) is 44.2 Å². The highest BCUT2D eigenvalue weighted by atomic mass is 16.6. The third-order valence-electron chi connectivity index (χ3n) is 5.14. The van der Waals surface area contributed by atoms with Gasteiger partial charge in [-0.05, 0) is 52.5 Å². The van der Waals surface area contributed by atoms with Crippen LogP contribution >= 0.6 is 0 Å². The van der Waals surface area contributed by atoms with E-state index in [9.17, 15) is 24.3 Å². The third-order valence-corrected chi connectivity index (χ3v) is 5.14. The number of benzene rings is 1. The van der Waals surface area contributed by atoms with Crippen LogP contribution in [0.4, 0.5) is 4.79 Å². The SMILES string of the molecule is COC(=O)[C@H](CC(C)C)NC(=O)[C@H](CC(C)(C)O)NC(=O)[C@H](Cc1ccccc1)NC(=O)OC(C)(C)C. The zero-order chi connectivity index (χ0) is 28.4. The first kappa shape index (κ1) is 31.9. The summed E-state index contributed by atoms with van der Waals surface area (Å²) < 4.78 is 10.1. The number of methoxy groups -OCH3 is 1. The zero-order valence-corrected chi connectivity index (χ0v) is 23.2. The summed E-state index contributed by atoms with van der Waals surface area (Å²) >= 11 is 0. The standard InChI is InChI=1S/C27H43N3O7/c1-17(2)14-20(24(33)36-8)28-23(32)21(16-27(6,7)35)29-22(31)19(15-18-12-10-9-11-13-18)30-25(34)37-26(3,4)5/h9-13,17,19-21,35H,14-16H2,1-8H3,(H,28,32)(H,29,31)(H,30,34)/t19-,20-,21-/m0/s1. The fraction of sp³-hybridized carbons (Fsp3) is 0.630. The van der Waals surface area contributed by atoms with Crippen LogP contribution in [0.3, 0.4) is 0 Å². The molecule has 0 heterocycles. The van der Waals surface area contributed by atoms with Gasteiger partial charge in [0.25, 0.3) is 0 Å². The first-order chi connectivity index (χ1) is 17.0. The van der Waals surface area contributed by atoms with Crippen molar-refractivity contribution >= 4 is 23.9 Å². The number of hydrogen-bond acceptors (Lipinski definition) is 7. The molecule has 0 saturated heterocycles. The van der Waals surface area contributed by atoms with E-state index in [4.69, 9.17) is 9.47 Å². The Kier molecular flexibility index (Phi) is 12.0. The van der Waals surface area contributed by atoms with Gasteiger partial charge in [-0.2, -0.15) is 0 Å². The Morgan fingerprint density at radius 3 is 1.89 bits per heavy atom. The molecule has 1 aromatic rings. The molecule has 10 nitrogen and oxygen atoms in total. The lowest BCUT2D eigenvalue weighted by Gasteiger charge is -2.29. The number of aliphatic hydroxyl groups is 1. The Morgan fingerprint density at radius 1 is 0.865 bits per heavy atom. The van der Waals surface area contributed by atoms with Crippen molar-refractivity contribution in [2.24, 2.45) is 5.92 Å². The smallest absolute Gasteiger partial charge is 0.408 e. The summed E-state index contributed by atoms with van der Waals surface area (Å²) in [7, 11) is 1.23. The van der Waals surface area contributed by atoms with Crippen molar-refractivity contribution in [3.8, 4) is 0 Å². The second kappa shape index (κ2) is 14.0. The van der Waals surface area contributed by atoms with Gasteiger partial charge < -0.3 is 30.5 Å². The normalized spacial score (nSPS) is 14.2. The van der Waals surface area contributed by atoms with Crippen molar-refractivity contribution in [1.29, 1.82) is 0 Å². The van der Waals surface area contributed by atoms with Crippen molar-refractivity contribution in [3.05, 3.63) is 35.9 Å². The monoisotopic (exact) mass is 521 g/mol. The van der Waals surface area contributed by atoms with E-state index < -0.39 is 53.2 Å². The largest absolute Gasteiger partial charge is 0.467 e. The quantitative estimate of drug-likeness (QED) is 0.309. The molecule has 208 valence electrons. The van der Waals surface area contributed by atoms with Crippen LogP contribution in [0.5, 0.6) is 0 Å². The van der Waals surface area contributed by atoms with Crippen molar-refractivity contribution in [2.75, 3.05) is 7.11 Å². The molecule has 3 amide bonds. The molecule has 0 aliphatic rings. The third kappa shape index (κ3) is 13.1. The maximum absolute atomic E-state index is 13.4. The van der Waals surface area contributed by atoms with Gasteiger partial charge >= 0.3 is 12.1 Å². The molecule has 10 heteroatoms. The van der Waals surface area contributed by atoms with Crippen molar-refractivity contribution < 1.29 is 33.8 Å². The van der Waals surface area contributed by atoms with Crippen LogP contribution in [-0.4, -0.2) is 65.4 Å². The number of alkyl carbamates (subject to hydrolysis) is 1.